The van der Waals surface area contributed by atoms with Crippen molar-refractivity contribution in [3.8, 4) is 0 Å². The van der Waals surface area contributed by atoms with Crippen LogP contribution in [0.25, 0.3) is 0 Å². The molecule has 2 N–H and O–H groups in total. The molecule has 5 heteroatoms. The molecule has 0 unspecified atom stereocenters. The maximum atomic E-state index is 12.5. The number of amides is 2. The van der Waals surface area contributed by atoms with E-state index in [4.69, 9.17) is 5.73 Å². The molecule has 1 saturated heterocycles. The molecule has 3 rings (SSSR count). The van der Waals surface area contributed by atoms with E-state index in [1.807, 2.05) is 48.2 Å². The maximum absolute atomic E-state index is 12.5. The first-order valence-corrected chi connectivity index (χ1v) is 6.98. The number of nitrogens with two attached hydrogens (primary N) is 1. The van der Waals surface area contributed by atoms with Gasteiger partial charge in [0.15, 0.2) is 0 Å². The number of aryl methyl sites for hydroxylation is 1. The number of hydrogen-bond donors (Lipinski definition) is 1. The van der Waals surface area contributed by atoms with Crippen LogP contribution in [-0.4, -0.2) is 29.0 Å². The molecule has 2 aromatic rings. The second-order valence-electron chi connectivity index (χ2n) is 5.18. The van der Waals surface area contributed by atoms with E-state index in [-0.39, 0.29) is 6.03 Å². The van der Waals surface area contributed by atoms with Gasteiger partial charge in [-0.15, -0.1) is 0 Å². The minimum absolute atomic E-state index is 0.0158. The number of para-hydroxylation sites is 2. The van der Waals surface area contributed by atoms with Gasteiger partial charge in [-0.05, 0) is 30.7 Å². The Labute approximate surface area is 124 Å². The van der Waals surface area contributed by atoms with Crippen molar-refractivity contribution in [2.45, 2.75) is 13.5 Å². The summed E-state index contributed by atoms with van der Waals surface area (Å²) in [5.41, 5.74) is 9.41. The van der Waals surface area contributed by atoms with Gasteiger partial charge in [-0.1, -0.05) is 18.2 Å². The lowest BCUT2D eigenvalue weighted by molar-refractivity contribution is 0.218. The molecule has 21 heavy (non-hydrogen) atoms. The molecule has 2 amide bonds. The van der Waals surface area contributed by atoms with Gasteiger partial charge < -0.3 is 10.6 Å². The number of aromatic nitrogens is 1. The van der Waals surface area contributed by atoms with E-state index in [9.17, 15) is 4.79 Å². The van der Waals surface area contributed by atoms with E-state index >= 15 is 0 Å². The molecule has 5 nitrogen and oxygen atoms in total. The summed E-state index contributed by atoms with van der Waals surface area (Å²) in [5, 5.41) is 0. The van der Waals surface area contributed by atoms with Crippen LogP contribution in [0.5, 0.6) is 0 Å². The molecule has 0 saturated carbocycles. The quantitative estimate of drug-likeness (QED) is 0.879. The standard InChI is InChI=1S/C16H18N4O/c1-12-5-4-8-18-14(12)11-19-9-10-20(16(19)21)15-7-3-2-6-13(15)17/h2-8H,9-11,17H2,1H3. The zero-order valence-corrected chi connectivity index (χ0v) is 12.0. The van der Waals surface area contributed by atoms with Crippen LogP contribution in [0, 0.1) is 6.92 Å². The van der Waals surface area contributed by atoms with Gasteiger partial charge in [-0.25, -0.2) is 4.79 Å². The van der Waals surface area contributed by atoms with Crippen molar-refractivity contribution in [2.75, 3.05) is 23.7 Å². The van der Waals surface area contributed by atoms with Crippen LogP contribution in [0.2, 0.25) is 0 Å². The smallest absolute Gasteiger partial charge is 0.325 e. The predicted octanol–water partition coefficient (Wildman–Crippen LogP) is 2.41. The third kappa shape index (κ3) is 2.54. The molecule has 1 fully saturated rings. The third-order valence-electron chi connectivity index (χ3n) is 3.78. The van der Waals surface area contributed by atoms with Gasteiger partial charge in [-0.3, -0.25) is 9.88 Å². The molecule has 0 bridgehead atoms. The van der Waals surface area contributed by atoms with Gasteiger partial charge in [0.05, 0.1) is 23.6 Å². The fourth-order valence-corrected chi connectivity index (χ4v) is 2.55. The number of benzene rings is 1. The molecule has 1 aliphatic rings. The SMILES string of the molecule is Cc1cccnc1CN1CCN(c2ccccc2N)C1=O. The Morgan fingerprint density at radius 1 is 1.19 bits per heavy atom. The van der Waals surface area contributed by atoms with Gasteiger partial charge in [0, 0.05) is 19.3 Å². The summed E-state index contributed by atoms with van der Waals surface area (Å²) in [6, 6.07) is 11.4. The molecule has 0 spiro atoms. The summed E-state index contributed by atoms with van der Waals surface area (Å²) >= 11 is 0. The van der Waals surface area contributed by atoms with Crippen molar-refractivity contribution in [2.24, 2.45) is 0 Å². The third-order valence-corrected chi connectivity index (χ3v) is 3.78. The van der Waals surface area contributed by atoms with Crippen LogP contribution < -0.4 is 10.6 Å². The number of hydrogen-bond acceptors (Lipinski definition) is 3. The Kier molecular flexibility index (Phi) is 3.48. The van der Waals surface area contributed by atoms with Gasteiger partial charge in [0.25, 0.3) is 0 Å². The lowest BCUT2D eigenvalue weighted by Gasteiger charge is -2.20. The zero-order valence-electron chi connectivity index (χ0n) is 12.0. The number of pyridine rings is 1. The molecular formula is C16H18N4O. The minimum atomic E-state index is -0.0158. The highest BCUT2D eigenvalue weighted by Gasteiger charge is 2.30. The first-order chi connectivity index (χ1) is 10.2. The fraction of sp³-hybridized carbons (Fsp3) is 0.250. The van der Waals surface area contributed by atoms with Crippen LogP contribution in [0.4, 0.5) is 16.2 Å². The van der Waals surface area contributed by atoms with E-state index in [0.717, 1.165) is 16.9 Å². The molecule has 0 atom stereocenters. The van der Waals surface area contributed by atoms with Crippen molar-refractivity contribution in [1.82, 2.24) is 9.88 Å². The van der Waals surface area contributed by atoms with Crippen LogP contribution in [-0.2, 0) is 6.54 Å². The van der Waals surface area contributed by atoms with E-state index < -0.39 is 0 Å². The Morgan fingerprint density at radius 3 is 2.76 bits per heavy atom. The molecule has 1 aromatic carbocycles. The number of urea groups is 1. The largest absolute Gasteiger partial charge is 0.397 e. The highest BCUT2D eigenvalue weighted by Crippen LogP contribution is 2.26. The lowest BCUT2D eigenvalue weighted by Crippen LogP contribution is -2.32. The number of nitrogen functional groups attached to an aromatic ring is 1. The minimum Gasteiger partial charge on any atom is -0.397 e. The van der Waals surface area contributed by atoms with Gasteiger partial charge in [0.1, 0.15) is 0 Å². The van der Waals surface area contributed by atoms with Crippen molar-refractivity contribution in [3.05, 3.63) is 53.9 Å². The topological polar surface area (TPSA) is 62.5 Å². The van der Waals surface area contributed by atoms with Crippen LogP contribution in [0.3, 0.4) is 0 Å². The van der Waals surface area contributed by atoms with Crippen LogP contribution in [0.15, 0.2) is 42.6 Å². The molecular weight excluding hydrogens is 264 g/mol. The van der Waals surface area contributed by atoms with Crippen LogP contribution >= 0.6 is 0 Å². The normalized spacial score (nSPS) is 14.8. The summed E-state index contributed by atoms with van der Waals surface area (Å²) in [4.78, 5) is 20.4. The number of anilines is 2. The fourth-order valence-electron chi connectivity index (χ4n) is 2.55. The Bertz CT molecular complexity index is 671. The first-order valence-electron chi connectivity index (χ1n) is 6.98. The van der Waals surface area contributed by atoms with E-state index in [1.54, 1.807) is 11.1 Å². The second kappa shape index (κ2) is 5.44. The number of rotatable bonds is 3. The van der Waals surface area contributed by atoms with Crippen molar-refractivity contribution >= 4 is 17.4 Å². The molecule has 1 aromatic heterocycles. The highest BCUT2D eigenvalue weighted by molar-refractivity contribution is 5.96. The molecule has 0 aliphatic carbocycles. The van der Waals surface area contributed by atoms with E-state index in [2.05, 4.69) is 4.98 Å². The molecule has 2 heterocycles. The van der Waals surface area contributed by atoms with E-state index in [1.165, 1.54) is 0 Å². The Hall–Kier alpha value is -2.56. The summed E-state index contributed by atoms with van der Waals surface area (Å²) < 4.78 is 0. The Morgan fingerprint density at radius 2 is 2.00 bits per heavy atom. The Balaban J connectivity index is 1.78. The average molecular weight is 282 g/mol. The highest BCUT2D eigenvalue weighted by atomic mass is 16.2. The predicted molar refractivity (Wildman–Crippen MR) is 83.0 cm³/mol. The lowest BCUT2D eigenvalue weighted by atomic mass is 10.2. The van der Waals surface area contributed by atoms with E-state index in [0.29, 0.717) is 25.3 Å². The summed E-state index contributed by atoms with van der Waals surface area (Å²) in [6.07, 6.45) is 1.76. The van der Waals surface area contributed by atoms with Gasteiger partial charge >= 0.3 is 6.03 Å². The number of carbonyl (C=O) groups is 1. The van der Waals surface area contributed by atoms with Crippen molar-refractivity contribution in [3.63, 3.8) is 0 Å². The van der Waals surface area contributed by atoms with Gasteiger partial charge in [0.2, 0.25) is 0 Å². The molecule has 1 aliphatic heterocycles. The summed E-state index contributed by atoms with van der Waals surface area (Å²) in [5.74, 6) is 0. The molecule has 108 valence electrons. The summed E-state index contributed by atoms with van der Waals surface area (Å²) in [7, 11) is 0. The molecule has 0 radical (unpaired) electrons. The van der Waals surface area contributed by atoms with Crippen LogP contribution in [0.1, 0.15) is 11.3 Å². The number of carbonyl (C=O) groups excluding carboxylic acids is 1. The van der Waals surface area contributed by atoms with Gasteiger partial charge in [-0.2, -0.15) is 0 Å². The average Bonchev–Trinajstić information content (AvgIpc) is 2.83. The first kappa shape index (κ1) is 13.4. The van der Waals surface area contributed by atoms with Crippen molar-refractivity contribution < 1.29 is 4.79 Å². The summed E-state index contributed by atoms with van der Waals surface area (Å²) in [6.45, 7) is 3.88. The second-order valence-corrected chi connectivity index (χ2v) is 5.18. The van der Waals surface area contributed by atoms with Crippen molar-refractivity contribution in [1.29, 1.82) is 0 Å². The number of nitrogens with zero attached hydrogens (tertiary/aromatic N) is 3. The monoisotopic (exact) mass is 282 g/mol. The zero-order chi connectivity index (χ0) is 14.8. The maximum Gasteiger partial charge on any atom is 0.325 e.